The molecule has 8 heteroatoms. The summed E-state index contributed by atoms with van der Waals surface area (Å²) in [6, 6.07) is 4.43. The number of rotatable bonds is 4. The third-order valence-corrected chi connectivity index (χ3v) is 8.23. The molecule has 1 N–H and O–H groups in total. The SMILES string of the molecule is CC(=O)N1c2ccc(S(=O)(=O)N3CCCC3)cc2CC1C(=O)NC1CCCCC1. The highest BCUT2D eigenvalue weighted by molar-refractivity contribution is 7.89. The summed E-state index contributed by atoms with van der Waals surface area (Å²) in [6.07, 6.45) is 7.49. The molecule has 1 saturated carbocycles. The fourth-order valence-electron chi connectivity index (χ4n) is 4.81. The van der Waals surface area contributed by atoms with Gasteiger partial charge in [-0.05, 0) is 49.4 Å². The summed E-state index contributed by atoms with van der Waals surface area (Å²) in [5, 5.41) is 3.11. The van der Waals surface area contributed by atoms with Gasteiger partial charge in [-0.2, -0.15) is 4.31 Å². The molecule has 2 amide bonds. The molecule has 0 radical (unpaired) electrons. The molecule has 0 spiro atoms. The first-order valence-corrected chi connectivity index (χ1v) is 12.0. The van der Waals surface area contributed by atoms with E-state index in [-0.39, 0.29) is 22.8 Å². The Kier molecular flexibility index (Phi) is 5.66. The van der Waals surface area contributed by atoms with E-state index in [1.807, 2.05) is 0 Å². The van der Waals surface area contributed by atoms with Gasteiger partial charge < -0.3 is 5.32 Å². The molecular formula is C21H29N3O4S. The minimum absolute atomic E-state index is 0.146. The lowest BCUT2D eigenvalue weighted by molar-refractivity contribution is -0.126. The van der Waals surface area contributed by atoms with Gasteiger partial charge in [-0.3, -0.25) is 14.5 Å². The molecule has 1 aliphatic carbocycles. The summed E-state index contributed by atoms with van der Waals surface area (Å²) < 4.78 is 27.3. The Morgan fingerprint density at radius 3 is 2.38 bits per heavy atom. The average molecular weight is 420 g/mol. The van der Waals surface area contributed by atoms with E-state index in [0.717, 1.165) is 44.1 Å². The second-order valence-electron chi connectivity index (χ2n) is 8.35. The van der Waals surface area contributed by atoms with Crippen molar-refractivity contribution in [1.29, 1.82) is 0 Å². The van der Waals surface area contributed by atoms with Gasteiger partial charge in [-0.25, -0.2) is 8.42 Å². The van der Waals surface area contributed by atoms with Gasteiger partial charge in [-0.1, -0.05) is 19.3 Å². The van der Waals surface area contributed by atoms with E-state index in [4.69, 9.17) is 0 Å². The molecule has 1 aromatic carbocycles. The molecule has 0 aromatic heterocycles. The minimum Gasteiger partial charge on any atom is -0.352 e. The van der Waals surface area contributed by atoms with Crippen LogP contribution in [0.2, 0.25) is 0 Å². The van der Waals surface area contributed by atoms with Gasteiger partial charge in [0.2, 0.25) is 21.8 Å². The van der Waals surface area contributed by atoms with Gasteiger partial charge >= 0.3 is 0 Å². The van der Waals surface area contributed by atoms with Gasteiger partial charge in [0.15, 0.2) is 0 Å². The lowest BCUT2D eigenvalue weighted by Crippen LogP contribution is -2.50. The Bertz CT molecular complexity index is 903. The summed E-state index contributed by atoms with van der Waals surface area (Å²) in [7, 11) is -3.53. The number of nitrogens with one attached hydrogen (secondary N) is 1. The molecule has 3 aliphatic rings. The molecule has 29 heavy (non-hydrogen) atoms. The van der Waals surface area contributed by atoms with Gasteiger partial charge in [-0.15, -0.1) is 0 Å². The molecule has 2 fully saturated rings. The van der Waals surface area contributed by atoms with Crippen molar-refractivity contribution in [3.05, 3.63) is 23.8 Å². The van der Waals surface area contributed by atoms with Crippen LogP contribution in [-0.2, 0) is 26.0 Å². The van der Waals surface area contributed by atoms with Crippen LogP contribution in [0.4, 0.5) is 5.69 Å². The Morgan fingerprint density at radius 2 is 1.72 bits per heavy atom. The van der Waals surface area contributed by atoms with E-state index < -0.39 is 16.1 Å². The number of amides is 2. The molecule has 4 rings (SSSR count). The van der Waals surface area contributed by atoms with Crippen molar-refractivity contribution in [3.63, 3.8) is 0 Å². The van der Waals surface area contributed by atoms with Crippen LogP contribution in [0.1, 0.15) is 57.4 Å². The molecule has 1 saturated heterocycles. The fraction of sp³-hybridized carbons (Fsp3) is 0.619. The largest absolute Gasteiger partial charge is 0.352 e. The molecule has 1 unspecified atom stereocenters. The summed E-state index contributed by atoms with van der Waals surface area (Å²) in [5.74, 6) is -0.352. The molecule has 1 aromatic rings. The predicted molar refractivity (Wildman–Crippen MR) is 110 cm³/mol. The van der Waals surface area contributed by atoms with Gasteiger partial charge in [0.05, 0.1) is 4.90 Å². The van der Waals surface area contributed by atoms with Crippen LogP contribution in [0.15, 0.2) is 23.1 Å². The molecule has 2 heterocycles. The topological polar surface area (TPSA) is 86.8 Å². The van der Waals surface area contributed by atoms with Crippen LogP contribution in [-0.4, -0.2) is 49.7 Å². The highest BCUT2D eigenvalue weighted by Gasteiger charge is 2.39. The number of hydrogen-bond acceptors (Lipinski definition) is 4. The number of fused-ring (bicyclic) bond motifs is 1. The average Bonchev–Trinajstić information content (AvgIpc) is 3.36. The van der Waals surface area contributed by atoms with E-state index in [0.29, 0.717) is 25.2 Å². The number of anilines is 1. The standard InChI is InChI=1S/C21H29N3O4S/c1-15(25)24-19-10-9-18(29(27,28)23-11-5-6-12-23)13-16(19)14-20(24)21(26)22-17-7-3-2-4-8-17/h9-10,13,17,20H,2-8,11-12,14H2,1H3,(H,22,26). The van der Waals surface area contributed by atoms with Crippen molar-refractivity contribution in [1.82, 2.24) is 9.62 Å². The Labute approximate surface area is 172 Å². The van der Waals surface area contributed by atoms with Crippen molar-refractivity contribution in [2.24, 2.45) is 0 Å². The molecular weight excluding hydrogens is 390 g/mol. The Morgan fingerprint density at radius 1 is 1.03 bits per heavy atom. The third kappa shape index (κ3) is 3.92. The zero-order valence-corrected chi connectivity index (χ0v) is 17.7. The van der Waals surface area contributed by atoms with Crippen LogP contribution < -0.4 is 10.2 Å². The van der Waals surface area contributed by atoms with Crippen molar-refractivity contribution < 1.29 is 18.0 Å². The highest BCUT2D eigenvalue weighted by Crippen LogP contribution is 2.35. The first-order valence-electron chi connectivity index (χ1n) is 10.6. The lowest BCUT2D eigenvalue weighted by atomic mass is 9.95. The van der Waals surface area contributed by atoms with Gasteiger partial charge in [0, 0.05) is 38.2 Å². The smallest absolute Gasteiger partial charge is 0.243 e. The second kappa shape index (κ2) is 8.07. The number of carbonyl (C=O) groups is 2. The van der Waals surface area contributed by atoms with Crippen LogP contribution in [0.25, 0.3) is 0 Å². The van der Waals surface area contributed by atoms with E-state index in [2.05, 4.69) is 5.32 Å². The number of hydrogen-bond donors (Lipinski definition) is 1. The van der Waals surface area contributed by atoms with Crippen molar-refractivity contribution >= 4 is 27.5 Å². The van der Waals surface area contributed by atoms with Crippen LogP contribution >= 0.6 is 0 Å². The van der Waals surface area contributed by atoms with Crippen LogP contribution in [0, 0.1) is 0 Å². The van der Waals surface area contributed by atoms with Crippen molar-refractivity contribution in [2.75, 3.05) is 18.0 Å². The first-order chi connectivity index (χ1) is 13.9. The van der Waals surface area contributed by atoms with Crippen LogP contribution in [0.3, 0.4) is 0 Å². The maximum Gasteiger partial charge on any atom is 0.243 e. The fourth-order valence-corrected chi connectivity index (χ4v) is 6.38. The molecule has 2 aliphatic heterocycles. The Hall–Kier alpha value is -1.93. The van der Waals surface area contributed by atoms with E-state index >= 15 is 0 Å². The van der Waals surface area contributed by atoms with Crippen molar-refractivity contribution in [3.8, 4) is 0 Å². The van der Waals surface area contributed by atoms with E-state index in [1.54, 1.807) is 18.2 Å². The normalized spacial score (nSPS) is 23.2. The predicted octanol–water partition coefficient (Wildman–Crippen LogP) is 2.20. The summed E-state index contributed by atoms with van der Waals surface area (Å²) in [4.78, 5) is 27.0. The minimum atomic E-state index is -3.53. The maximum absolute atomic E-state index is 13.0. The van der Waals surface area contributed by atoms with Crippen molar-refractivity contribution in [2.45, 2.75) is 75.3 Å². The van der Waals surface area contributed by atoms with Gasteiger partial charge in [0.25, 0.3) is 0 Å². The van der Waals surface area contributed by atoms with E-state index in [1.165, 1.54) is 22.5 Å². The lowest BCUT2D eigenvalue weighted by Gasteiger charge is -2.28. The van der Waals surface area contributed by atoms with Crippen LogP contribution in [0.5, 0.6) is 0 Å². The quantitative estimate of drug-likeness (QED) is 0.811. The highest BCUT2D eigenvalue weighted by atomic mass is 32.2. The monoisotopic (exact) mass is 419 g/mol. The second-order valence-corrected chi connectivity index (χ2v) is 10.3. The number of benzene rings is 1. The van der Waals surface area contributed by atoms with Gasteiger partial charge in [0.1, 0.15) is 6.04 Å². The molecule has 0 bridgehead atoms. The Balaban J connectivity index is 1.57. The summed E-state index contributed by atoms with van der Waals surface area (Å²) in [5.41, 5.74) is 1.38. The third-order valence-electron chi connectivity index (χ3n) is 6.33. The zero-order valence-electron chi connectivity index (χ0n) is 16.9. The number of carbonyl (C=O) groups excluding carboxylic acids is 2. The summed E-state index contributed by atoms with van der Waals surface area (Å²) >= 11 is 0. The summed E-state index contributed by atoms with van der Waals surface area (Å²) in [6.45, 7) is 2.54. The molecule has 1 atom stereocenters. The van der Waals surface area contributed by atoms with E-state index in [9.17, 15) is 18.0 Å². The molecule has 7 nitrogen and oxygen atoms in total. The number of nitrogens with zero attached hydrogens (tertiary/aromatic N) is 2. The first kappa shape index (κ1) is 20.3. The zero-order chi connectivity index (χ0) is 20.6. The molecule has 158 valence electrons. The maximum atomic E-state index is 13.0. The number of sulfonamides is 1.